The number of allylic oxidation sites excluding steroid dienone is 2. The number of amides is 1. The molecule has 1 N–H and O–H groups in total. The number of hydrogen-bond acceptors (Lipinski definition) is 2. The maximum absolute atomic E-state index is 12.6. The number of amidine groups is 1. The van der Waals surface area contributed by atoms with E-state index in [2.05, 4.69) is 60.8 Å². The van der Waals surface area contributed by atoms with Crippen LogP contribution in [-0.4, -0.2) is 47.5 Å². The van der Waals surface area contributed by atoms with Crippen LogP contribution in [0.15, 0.2) is 24.3 Å². The maximum atomic E-state index is 12.6. The second-order valence-corrected chi connectivity index (χ2v) is 14.0. The van der Waals surface area contributed by atoms with Crippen LogP contribution in [0.5, 0.6) is 0 Å². The molecule has 0 aromatic heterocycles. The summed E-state index contributed by atoms with van der Waals surface area (Å²) in [6, 6.07) is 0. The van der Waals surface area contributed by atoms with E-state index in [1.807, 2.05) is 0 Å². The monoisotopic (exact) mass is 629 g/mol. The Morgan fingerprint density at radius 1 is 0.644 bits per heavy atom. The quantitative estimate of drug-likeness (QED) is 0.0348. The van der Waals surface area contributed by atoms with Crippen molar-refractivity contribution >= 4 is 11.7 Å². The third kappa shape index (κ3) is 24.3. The Bertz CT molecular complexity index is 771. The number of nitrogens with zero attached hydrogens (tertiary/aromatic N) is 2. The fourth-order valence-electron chi connectivity index (χ4n) is 6.64. The van der Waals surface area contributed by atoms with Crippen molar-refractivity contribution in [2.45, 2.75) is 207 Å². The minimum absolute atomic E-state index is 0.0168. The van der Waals surface area contributed by atoms with E-state index in [4.69, 9.17) is 0 Å². The third-order valence-corrected chi connectivity index (χ3v) is 9.70. The molecule has 0 saturated carbocycles. The van der Waals surface area contributed by atoms with Crippen molar-refractivity contribution in [2.75, 3.05) is 20.1 Å². The van der Waals surface area contributed by atoms with Gasteiger partial charge in [0.2, 0.25) is 5.91 Å². The number of carbonyl (C=O) groups is 1. The van der Waals surface area contributed by atoms with E-state index < -0.39 is 0 Å². The van der Waals surface area contributed by atoms with Crippen molar-refractivity contribution in [3.05, 3.63) is 24.3 Å². The van der Waals surface area contributed by atoms with Gasteiger partial charge in [-0.15, -0.1) is 0 Å². The van der Waals surface area contributed by atoms with Crippen LogP contribution in [0.25, 0.3) is 0 Å². The Labute approximate surface area is 282 Å². The summed E-state index contributed by atoms with van der Waals surface area (Å²) in [5, 5.41) is 3.20. The van der Waals surface area contributed by atoms with Gasteiger partial charge in [0.15, 0.2) is 6.17 Å². The standard InChI is InChI=1S/C41H77N3O/c1-5-7-9-11-13-15-17-19-21-23-25-27-29-31-33-35-40(45)42-39(3)44-38-37-43(4)41(44)36-34-32-30-28-26-24-22-20-18-16-14-12-10-8-6-2/h32-35,39H,5-31,36-38H2,1-4H3/p+1. The molecule has 1 unspecified atom stereocenters. The fraction of sp³-hybridized carbons (Fsp3) is 0.854. The van der Waals surface area contributed by atoms with Gasteiger partial charge >= 0.3 is 0 Å². The smallest absolute Gasteiger partial charge is 0.252 e. The van der Waals surface area contributed by atoms with Gasteiger partial charge in [0, 0.05) is 0 Å². The van der Waals surface area contributed by atoms with Crippen molar-refractivity contribution in [3.63, 3.8) is 0 Å². The van der Waals surface area contributed by atoms with Crippen molar-refractivity contribution in [3.8, 4) is 0 Å². The Morgan fingerprint density at radius 3 is 1.49 bits per heavy atom. The molecule has 45 heavy (non-hydrogen) atoms. The average Bonchev–Trinajstić information content (AvgIpc) is 3.40. The van der Waals surface area contributed by atoms with Gasteiger partial charge in [-0.3, -0.25) is 9.37 Å². The van der Waals surface area contributed by atoms with Crippen molar-refractivity contribution in [1.29, 1.82) is 0 Å². The molecule has 0 fully saturated rings. The Balaban J connectivity index is 2.06. The molecule has 1 amide bonds. The summed E-state index contributed by atoms with van der Waals surface area (Å²) in [6.45, 7) is 8.70. The summed E-state index contributed by atoms with van der Waals surface area (Å²) in [5.74, 6) is 1.36. The van der Waals surface area contributed by atoms with Crippen LogP contribution in [0, 0.1) is 0 Å². The van der Waals surface area contributed by atoms with E-state index >= 15 is 0 Å². The Morgan fingerprint density at radius 2 is 1.04 bits per heavy atom. The molecule has 1 heterocycles. The van der Waals surface area contributed by atoms with Crippen LogP contribution in [0.3, 0.4) is 0 Å². The first-order chi connectivity index (χ1) is 22.1. The Kier molecular flexibility index (Phi) is 28.6. The van der Waals surface area contributed by atoms with Crippen LogP contribution in [-0.2, 0) is 4.79 Å². The van der Waals surface area contributed by atoms with E-state index in [-0.39, 0.29) is 12.1 Å². The molecule has 0 aromatic rings. The van der Waals surface area contributed by atoms with E-state index in [0.29, 0.717) is 0 Å². The SMILES string of the molecule is CCCCCCCCCCCCCCC=CCC1=[N+](C)CCN1C(C)NC(=O)C=CCCCCCCCCCCCCCCC. The molecule has 1 atom stereocenters. The molecular weight excluding hydrogens is 550 g/mol. The van der Waals surface area contributed by atoms with Crippen molar-refractivity contribution < 1.29 is 9.37 Å². The summed E-state index contributed by atoms with van der Waals surface area (Å²) in [5.41, 5.74) is 0. The minimum atomic E-state index is 0.0168. The summed E-state index contributed by atoms with van der Waals surface area (Å²) in [7, 11) is 2.18. The van der Waals surface area contributed by atoms with Crippen LogP contribution in [0.4, 0.5) is 0 Å². The predicted octanol–water partition coefficient (Wildman–Crippen LogP) is 11.9. The van der Waals surface area contributed by atoms with E-state index in [1.165, 1.54) is 173 Å². The largest absolute Gasteiger partial charge is 0.314 e. The molecule has 262 valence electrons. The first kappa shape index (κ1) is 41.4. The highest BCUT2D eigenvalue weighted by molar-refractivity contribution is 5.88. The number of nitrogens with one attached hydrogen (secondary N) is 1. The van der Waals surface area contributed by atoms with Crippen LogP contribution >= 0.6 is 0 Å². The normalized spacial score (nSPS) is 14.4. The zero-order valence-electron chi connectivity index (χ0n) is 30.9. The predicted molar refractivity (Wildman–Crippen MR) is 199 cm³/mol. The van der Waals surface area contributed by atoms with E-state index in [1.54, 1.807) is 6.08 Å². The molecule has 0 bridgehead atoms. The highest BCUT2D eigenvalue weighted by Crippen LogP contribution is 2.15. The number of carbonyl (C=O) groups excluding carboxylic acids is 1. The van der Waals surface area contributed by atoms with Crippen LogP contribution in [0.2, 0.25) is 0 Å². The van der Waals surface area contributed by atoms with Crippen LogP contribution < -0.4 is 5.32 Å². The zero-order chi connectivity index (χ0) is 32.6. The second-order valence-electron chi connectivity index (χ2n) is 14.0. The van der Waals surface area contributed by atoms with Gasteiger partial charge in [0.1, 0.15) is 13.1 Å². The summed E-state index contributed by atoms with van der Waals surface area (Å²) < 4.78 is 2.35. The van der Waals surface area contributed by atoms with Gasteiger partial charge in [0.25, 0.3) is 5.84 Å². The molecule has 0 aromatic carbocycles. The summed E-state index contributed by atoms with van der Waals surface area (Å²) in [6.07, 6.45) is 46.4. The van der Waals surface area contributed by atoms with Crippen molar-refractivity contribution in [1.82, 2.24) is 10.2 Å². The molecule has 1 rings (SSSR count). The number of hydrogen-bond donors (Lipinski definition) is 1. The maximum Gasteiger partial charge on any atom is 0.252 e. The van der Waals surface area contributed by atoms with Gasteiger partial charge in [-0.2, -0.15) is 0 Å². The lowest BCUT2D eigenvalue weighted by molar-refractivity contribution is -0.487. The average molecular weight is 629 g/mol. The first-order valence-electron chi connectivity index (χ1n) is 20.1. The second kappa shape index (κ2) is 31.0. The molecular formula is C41H78N3O+. The lowest BCUT2D eigenvalue weighted by atomic mass is 10.0. The fourth-order valence-corrected chi connectivity index (χ4v) is 6.64. The summed E-state index contributed by atoms with van der Waals surface area (Å²) >= 11 is 0. The first-order valence-corrected chi connectivity index (χ1v) is 20.1. The molecule has 0 aliphatic carbocycles. The topological polar surface area (TPSA) is 35.4 Å². The lowest BCUT2D eigenvalue weighted by Gasteiger charge is -2.21. The van der Waals surface area contributed by atoms with E-state index in [0.717, 1.165) is 25.9 Å². The molecule has 1 aliphatic heterocycles. The zero-order valence-corrected chi connectivity index (χ0v) is 30.9. The number of likely N-dealkylation sites (N-methyl/N-ethyl adjacent to an activating group) is 1. The summed E-state index contributed by atoms with van der Waals surface area (Å²) in [4.78, 5) is 14.9. The molecule has 0 radical (unpaired) electrons. The Hall–Kier alpha value is -1.58. The van der Waals surface area contributed by atoms with Gasteiger partial charge in [-0.25, -0.2) is 4.90 Å². The van der Waals surface area contributed by atoms with Gasteiger partial charge in [-0.1, -0.05) is 180 Å². The highest BCUT2D eigenvalue weighted by Gasteiger charge is 2.32. The molecule has 0 saturated heterocycles. The molecule has 4 nitrogen and oxygen atoms in total. The van der Waals surface area contributed by atoms with Gasteiger partial charge in [0.05, 0.1) is 13.5 Å². The van der Waals surface area contributed by atoms with Gasteiger partial charge in [-0.05, 0) is 38.7 Å². The van der Waals surface area contributed by atoms with E-state index in [9.17, 15) is 4.79 Å². The third-order valence-electron chi connectivity index (χ3n) is 9.70. The van der Waals surface area contributed by atoms with Crippen LogP contribution in [0.1, 0.15) is 201 Å². The molecule has 1 aliphatic rings. The van der Waals surface area contributed by atoms with Crippen molar-refractivity contribution in [2.24, 2.45) is 0 Å². The molecule has 0 spiro atoms. The number of rotatable bonds is 32. The molecule has 4 heteroatoms. The highest BCUT2D eigenvalue weighted by atomic mass is 16.1. The lowest BCUT2D eigenvalue weighted by Crippen LogP contribution is -2.47. The van der Waals surface area contributed by atoms with Gasteiger partial charge < -0.3 is 5.32 Å². The number of unbranched alkanes of at least 4 members (excludes halogenated alkanes) is 25. The minimum Gasteiger partial charge on any atom is -0.314 e.